The van der Waals surface area contributed by atoms with Crippen LogP contribution >= 0.6 is 34.8 Å². The van der Waals surface area contributed by atoms with Crippen LogP contribution in [0.15, 0.2) is 29.2 Å². The number of alkyl halides is 3. The van der Waals surface area contributed by atoms with Gasteiger partial charge in [0.05, 0.1) is 4.90 Å². The van der Waals surface area contributed by atoms with Crippen molar-refractivity contribution in [3.63, 3.8) is 0 Å². The zero-order chi connectivity index (χ0) is 16.8. The van der Waals surface area contributed by atoms with Gasteiger partial charge in [-0.25, -0.2) is 13.1 Å². The fourth-order valence-electron chi connectivity index (χ4n) is 1.43. The highest BCUT2D eigenvalue weighted by Crippen LogP contribution is 2.27. The van der Waals surface area contributed by atoms with Crippen molar-refractivity contribution in [1.29, 1.82) is 0 Å². The van der Waals surface area contributed by atoms with Gasteiger partial charge in [-0.15, -0.1) is 0 Å². The van der Waals surface area contributed by atoms with E-state index in [2.05, 4.69) is 10.0 Å². The fourth-order valence-corrected chi connectivity index (χ4v) is 2.64. The van der Waals surface area contributed by atoms with E-state index < -0.39 is 19.7 Å². The first-order valence-corrected chi connectivity index (χ1v) is 8.75. The number of hydrogen-bond acceptors (Lipinski definition) is 4. The van der Waals surface area contributed by atoms with Crippen molar-refractivity contribution in [2.75, 3.05) is 25.6 Å². The monoisotopic (exact) mass is 388 g/mol. The highest BCUT2D eigenvalue weighted by atomic mass is 35.6. The maximum Gasteiger partial charge on any atom is 0.276 e. The number of nitrogens with one attached hydrogen (secondary N) is 2. The van der Waals surface area contributed by atoms with Crippen molar-refractivity contribution in [2.24, 2.45) is 0 Å². The van der Waals surface area contributed by atoms with Crippen LogP contribution in [0.2, 0.25) is 0 Å². The van der Waals surface area contributed by atoms with Crippen LogP contribution in [0.5, 0.6) is 0 Å². The van der Waals surface area contributed by atoms with Gasteiger partial charge >= 0.3 is 0 Å². The van der Waals surface area contributed by atoms with E-state index in [0.29, 0.717) is 18.7 Å². The van der Waals surface area contributed by atoms with Gasteiger partial charge in [0.1, 0.15) is 0 Å². The van der Waals surface area contributed by atoms with E-state index in [4.69, 9.17) is 39.5 Å². The smallest absolute Gasteiger partial charge is 0.276 e. The van der Waals surface area contributed by atoms with Crippen LogP contribution in [0.25, 0.3) is 0 Å². The van der Waals surface area contributed by atoms with Crippen molar-refractivity contribution in [3.05, 3.63) is 24.3 Å². The van der Waals surface area contributed by atoms with Gasteiger partial charge in [0.2, 0.25) is 10.0 Å². The molecule has 22 heavy (non-hydrogen) atoms. The van der Waals surface area contributed by atoms with Crippen LogP contribution in [0.1, 0.15) is 6.42 Å². The summed E-state index contributed by atoms with van der Waals surface area (Å²) in [5.41, 5.74) is 0.314. The molecule has 2 N–H and O–H groups in total. The van der Waals surface area contributed by atoms with Gasteiger partial charge in [-0.2, -0.15) is 0 Å². The number of anilines is 1. The molecule has 1 rings (SSSR count). The lowest BCUT2D eigenvalue weighted by atomic mass is 10.3. The fraction of sp³-hybridized carbons (Fsp3) is 0.417. The number of benzene rings is 1. The molecule has 1 aromatic rings. The minimum Gasteiger partial charge on any atom is -0.385 e. The van der Waals surface area contributed by atoms with Crippen molar-refractivity contribution >= 4 is 56.4 Å². The Morgan fingerprint density at radius 3 is 2.32 bits per heavy atom. The Morgan fingerprint density at radius 2 is 1.82 bits per heavy atom. The van der Waals surface area contributed by atoms with E-state index >= 15 is 0 Å². The molecule has 1 aromatic carbocycles. The Kier molecular flexibility index (Phi) is 7.37. The van der Waals surface area contributed by atoms with Crippen molar-refractivity contribution in [1.82, 2.24) is 4.72 Å². The molecule has 0 aliphatic heterocycles. The number of rotatable bonds is 7. The Balaban J connectivity index is 2.69. The third kappa shape index (κ3) is 6.28. The van der Waals surface area contributed by atoms with Gasteiger partial charge in [0.25, 0.3) is 9.70 Å². The summed E-state index contributed by atoms with van der Waals surface area (Å²) < 4.78 is 29.2. The Morgan fingerprint density at radius 1 is 1.23 bits per heavy atom. The van der Waals surface area contributed by atoms with Gasteiger partial charge in [0.15, 0.2) is 0 Å². The Labute approximate surface area is 144 Å². The van der Waals surface area contributed by atoms with Crippen LogP contribution in [0.3, 0.4) is 0 Å². The molecule has 0 unspecified atom stereocenters. The molecular weight excluding hydrogens is 375 g/mol. The third-order valence-electron chi connectivity index (χ3n) is 2.50. The summed E-state index contributed by atoms with van der Waals surface area (Å²) in [7, 11) is -2.07. The number of carbonyl (C=O) groups excluding carboxylic acids is 1. The molecule has 0 saturated carbocycles. The predicted octanol–water partition coefficient (Wildman–Crippen LogP) is 2.31. The molecule has 0 heterocycles. The maximum atomic E-state index is 12.0. The molecule has 0 aliphatic rings. The van der Waals surface area contributed by atoms with E-state index in [9.17, 15) is 13.2 Å². The largest absolute Gasteiger partial charge is 0.385 e. The minimum absolute atomic E-state index is 0.0665. The number of halogens is 3. The number of sulfonamides is 1. The maximum absolute atomic E-state index is 12.0. The molecular formula is C12H15Cl3N2O4S. The molecule has 0 bridgehead atoms. The van der Waals surface area contributed by atoms with Gasteiger partial charge in [-0.3, -0.25) is 4.79 Å². The lowest BCUT2D eigenvalue weighted by Gasteiger charge is -2.12. The van der Waals surface area contributed by atoms with Gasteiger partial charge in [-0.1, -0.05) is 34.8 Å². The number of methoxy groups -OCH3 is 1. The molecule has 0 fully saturated rings. The van der Waals surface area contributed by atoms with Gasteiger partial charge in [0, 0.05) is 25.9 Å². The van der Waals surface area contributed by atoms with Crippen LogP contribution in [-0.4, -0.2) is 38.4 Å². The second-order valence-electron chi connectivity index (χ2n) is 4.22. The highest BCUT2D eigenvalue weighted by molar-refractivity contribution is 7.89. The quantitative estimate of drug-likeness (QED) is 0.553. The number of hydrogen-bond donors (Lipinski definition) is 2. The average molecular weight is 390 g/mol. The Hall–Kier alpha value is -0.570. The van der Waals surface area contributed by atoms with E-state index in [1.54, 1.807) is 7.11 Å². The first-order chi connectivity index (χ1) is 10.2. The SMILES string of the molecule is COCCCNS(=O)(=O)c1ccc(NC(=O)C(Cl)(Cl)Cl)cc1. The van der Waals surface area contributed by atoms with Crippen molar-refractivity contribution in [2.45, 2.75) is 15.1 Å². The lowest BCUT2D eigenvalue weighted by Crippen LogP contribution is -2.27. The molecule has 0 aliphatic carbocycles. The summed E-state index contributed by atoms with van der Waals surface area (Å²) in [4.78, 5) is 11.5. The van der Waals surface area contributed by atoms with E-state index in [1.165, 1.54) is 24.3 Å². The zero-order valence-electron chi connectivity index (χ0n) is 11.6. The second-order valence-corrected chi connectivity index (χ2v) is 8.27. The molecule has 6 nitrogen and oxygen atoms in total. The third-order valence-corrected chi connectivity index (χ3v) is 4.49. The summed E-state index contributed by atoms with van der Waals surface area (Å²) in [5.74, 6) is -0.828. The van der Waals surface area contributed by atoms with Gasteiger partial charge in [-0.05, 0) is 30.7 Å². The lowest BCUT2D eigenvalue weighted by molar-refractivity contribution is -0.115. The van der Waals surface area contributed by atoms with Crippen molar-refractivity contribution < 1.29 is 17.9 Å². The predicted molar refractivity (Wildman–Crippen MR) is 87.0 cm³/mol. The van der Waals surface area contributed by atoms with E-state index in [0.717, 1.165) is 0 Å². The van der Waals surface area contributed by atoms with Gasteiger partial charge < -0.3 is 10.1 Å². The summed E-state index contributed by atoms with van der Waals surface area (Å²) >= 11 is 16.3. The van der Waals surface area contributed by atoms with E-state index in [1.807, 2.05) is 0 Å². The molecule has 0 spiro atoms. The zero-order valence-corrected chi connectivity index (χ0v) is 14.7. The number of amides is 1. The molecule has 10 heteroatoms. The molecule has 0 atom stereocenters. The van der Waals surface area contributed by atoms with E-state index in [-0.39, 0.29) is 11.4 Å². The van der Waals surface area contributed by atoms with Crippen molar-refractivity contribution in [3.8, 4) is 0 Å². The summed E-state index contributed by atoms with van der Waals surface area (Å²) in [6.07, 6.45) is 0.563. The highest BCUT2D eigenvalue weighted by Gasteiger charge is 2.30. The topological polar surface area (TPSA) is 84.5 Å². The first-order valence-electron chi connectivity index (χ1n) is 6.13. The second kappa shape index (κ2) is 8.33. The molecule has 0 saturated heterocycles. The molecule has 124 valence electrons. The normalized spacial score (nSPS) is 12.2. The molecule has 0 radical (unpaired) electrons. The van der Waals surface area contributed by atoms with Crippen LogP contribution in [-0.2, 0) is 19.6 Å². The minimum atomic E-state index is -3.61. The van der Waals surface area contributed by atoms with Crippen LogP contribution < -0.4 is 10.0 Å². The average Bonchev–Trinajstić information content (AvgIpc) is 2.43. The first kappa shape index (κ1) is 19.5. The summed E-state index contributed by atoms with van der Waals surface area (Å²) in [6.45, 7) is 0.729. The molecule has 0 aromatic heterocycles. The number of ether oxygens (including phenoxy) is 1. The molecule has 1 amide bonds. The Bertz CT molecular complexity index is 600. The van der Waals surface area contributed by atoms with Crippen LogP contribution in [0.4, 0.5) is 5.69 Å². The van der Waals surface area contributed by atoms with Crippen LogP contribution in [0, 0.1) is 0 Å². The number of carbonyl (C=O) groups is 1. The summed E-state index contributed by atoms with van der Waals surface area (Å²) in [5, 5.41) is 2.35. The standard InChI is InChI=1S/C12H15Cl3N2O4S/c1-21-8-2-7-16-22(19,20)10-5-3-9(4-6-10)17-11(18)12(13,14)15/h3-6,16H,2,7-8H2,1H3,(H,17,18). The summed E-state index contributed by atoms with van der Waals surface area (Å²) in [6, 6.07) is 5.48.